The van der Waals surface area contributed by atoms with Crippen molar-refractivity contribution < 1.29 is 13.2 Å². The zero-order chi connectivity index (χ0) is 12.6. The number of hydrogen-bond donors (Lipinski definition) is 1. The van der Waals surface area contributed by atoms with Crippen molar-refractivity contribution in [1.82, 2.24) is 0 Å². The van der Waals surface area contributed by atoms with Gasteiger partial charge in [0.25, 0.3) is 0 Å². The zero-order valence-corrected chi connectivity index (χ0v) is 9.59. The average Bonchev–Trinajstić information content (AvgIpc) is 2.26. The van der Waals surface area contributed by atoms with Crippen LogP contribution < -0.4 is 10.6 Å². The zero-order valence-electron chi connectivity index (χ0n) is 9.59. The van der Waals surface area contributed by atoms with Gasteiger partial charge in [-0.25, -0.2) is 0 Å². The van der Waals surface area contributed by atoms with Gasteiger partial charge in [0.1, 0.15) is 0 Å². The molecule has 0 radical (unpaired) electrons. The Bertz CT molecular complexity index is 415. The summed E-state index contributed by atoms with van der Waals surface area (Å²) in [6.45, 7) is 3.07. The molecule has 0 aliphatic carbocycles. The fraction of sp³-hybridized carbons (Fsp3) is 0.500. The molecule has 5 heteroatoms. The van der Waals surface area contributed by atoms with Crippen molar-refractivity contribution in [2.45, 2.75) is 32.1 Å². The van der Waals surface area contributed by atoms with Gasteiger partial charge in [0.2, 0.25) is 0 Å². The van der Waals surface area contributed by atoms with E-state index < -0.39 is 11.7 Å². The van der Waals surface area contributed by atoms with Crippen molar-refractivity contribution in [3.63, 3.8) is 0 Å². The van der Waals surface area contributed by atoms with Gasteiger partial charge in [-0.15, -0.1) is 0 Å². The van der Waals surface area contributed by atoms with Gasteiger partial charge in [-0.05, 0) is 37.1 Å². The average molecular weight is 244 g/mol. The minimum Gasteiger partial charge on any atom is -0.368 e. The Hall–Kier alpha value is -1.23. The van der Waals surface area contributed by atoms with Gasteiger partial charge in [-0.2, -0.15) is 13.2 Å². The maximum Gasteiger partial charge on any atom is 0.416 e. The predicted molar refractivity (Wildman–Crippen MR) is 60.8 cm³/mol. The second kappa shape index (κ2) is 4.22. The topological polar surface area (TPSA) is 29.3 Å². The SMILES string of the molecule is CC1CCN1c1ccc(C(F)(F)F)cc1CN. The smallest absolute Gasteiger partial charge is 0.368 e. The number of rotatable bonds is 2. The molecular formula is C12H15F3N2. The molecule has 94 valence electrons. The van der Waals surface area contributed by atoms with E-state index in [1.165, 1.54) is 6.07 Å². The van der Waals surface area contributed by atoms with Crippen molar-refractivity contribution in [3.05, 3.63) is 29.3 Å². The van der Waals surface area contributed by atoms with Gasteiger partial charge in [0.05, 0.1) is 5.56 Å². The van der Waals surface area contributed by atoms with Gasteiger partial charge in [-0.3, -0.25) is 0 Å². The van der Waals surface area contributed by atoms with E-state index in [1.54, 1.807) is 0 Å². The predicted octanol–water partition coefficient (Wildman–Crippen LogP) is 2.76. The number of anilines is 1. The Morgan fingerprint density at radius 1 is 1.41 bits per heavy atom. The van der Waals surface area contributed by atoms with Crippen molar-refractivity contribution in [2.75, 3.05) is 11.4 Å². The summed E-state index contributed by atoms with van der Waals surface area (Å²) in [5.41, 5.74) is 6.30. The Kier molecular flexibility index (Phi) is 3.03. The van der Waals surface area contributed by atoms with Crippen molar-refractivity contribution in [3.8, 4) is 0 Å². The van der Waals surface area contributed by atoms with Crippen molar-refractivity contribution in [1.29, 1.82) is 0 Å². The fourth-order valence-electron chi connectivity index (χ4n) is 2.08. The standard InChI is InChI=1S/C12H15F3N2/c1-8-4-5-17(8)11-3-2-10(12(13,14)15)6-9(11)7-16/h2-3,6,8H,4-5,7,16H2,1H3. The molecule has 1 unspecified atom stereocenters. The summed E-state index contributed by atoms with van der Waals surface area (Å²) < 4.78 is 37.7. The van der Waals surface area contributed by atoms with Crippen LogP contribution in [0.5, 0.6) is 0 Å². The molecule has 1 aromatic rings. The van der Waals surface area contributed by atoms with E-state index in [2.05, 4.69) is 11.8 Å². The number of alkyl halides is 3. The molecule has 0 spiro atoms. The Labute approximate surface area is 98.2 Å². The van der Waals surface area contributed by atoms with E-state index in [9.17, 15) is 13.2 Å². The molecule has 2 N–H and O–H groups in total. The lowest BCUT2D eigenvalue weighted by Crippen LogP contribution is -2.46. The third kappa shape index (κ3) is 2.24. The summed E-state index contributed by atoms with van der Waals surface area (Å²) in [5, 5.41) is 0. The van der Waals surface area contributed by atoms with E-state index in [-0.39, 0.29) is 6.54 Å². The molecule has 1 saturated heterocycles. The molecule has 1 heterocycles. The molecule has 0 saturated carbocycles. The van der Waals surface area contributed by atoms with Crippen molar-refractivity contribution >= 4 is 5.69 Å². The van der Waals surface area contributed by atoms with Crippen LogP contribution in [0.25, 0.3) is 0 Å². The van der Waals surface area contributed by atoms with Crippen LogP contribution in [0.4, 0.5) is 18.9 Å². The summed E-state index contributed by atoms with van der Waals surface area (Å²) in [4.78, 5) is 2.09. The minimum absolute atomic E-state index is 0.127. The lowest BCUT2D eigenvalue weighted by molar-refractivity contribution is -0.137. The summed E-state index contributed by atoms with van der Waals surface area (Å²) >= 11 is 0. The Balaban J connectivity index is 2.35. The highest BCUT2D eigenvalue weighted by Crippen LogP contribution is 2.35. The molecule has 0 amide bonds. The fourth-order valence-corrected chi connectivity index (χ4v) is 2.08. The molecular weight excluding hydrogens is 229 g/mol. The van der Waals surface area contributed by atoms with Crippen LogP contribution >= 0.6 is 0 Å². The molecule has 1 aliphatic heterocycles. The molecule has 2 rings (SSSR count). The summed E-state index contributed by atoms with van der Waals surface area (Å²) in [6.07, 6.45) is -3.23. The van der Waals surface area contributed by atoms with E-state index in [0.717, 1.165) is 30.8 Å². The minimum atomic E-state index is -4.30. The molecule has 1 atom stereocenters. The van der Waals surface area contributed by atoms with Crippen molar-refractivity contribution in [2.24, 2.45) is 5.73 Å². The largest absolute Gasteiger partial charge is 0.416 e. The molecule has 1 fully saturated rings. The van der Waals surface area contributed by atoms with Gasteiger partial charge in [0.15, 0.2) is 0 Å². The van der Waals surface area contributed by atoms with E-state index in [1.807, 2.05) is 0 Å². The summed E-state index contributed by atoms with van der Waals surface area (Å²) in [7, 11) is 0. The first-order valence-electron chi connectivity index (χ1n) is 5.60. The maximum atomic E-state index is 12.6. The van der Waals surface area contributed by atoms with Crippen LogP contribution in [0.15, 0.2) is 18.2 Å². The Morgan fingerprint density at radius 3 is 2.53 bits per heavy atom. The van der Waals surface area contributed by atoms with Crippen LogP contribution in [-0.4, -0.2) is 12.6 Å². The number of hydrogen-bond acceptors (Lipinski definition) is 2. The van der Waals surface area contributed by atoms with E-state index in [0.29, 0.717) is 11.6 Å². The number of nitrogens with two attached hydrogens (primary N) is 1. The van der Waals surface area contributed by atoms with E-state index in [4.69, 9.17) is 5.73 Å². The number of benzene rings is 1. The number of nitrogens with zero attached hydrogens (tertiary/aromatic N) is 1. The first-order chi connectivity index (χ1) is 7.93. The second-order valence-corrected chi connectivity index (χ2v) is 4.38. The van der Waals surface area contributed by atoms with Crippen LogP contribution in [0.3, 0.4) is 0 Å². The van der Waals surface area contributed by atoms with Gasteiger partial charge >= 0.3 is 6.18 Å². The monoisotopic (exact) mass is 244 g/mol. The van der Waals surface area contributed by atoms with Gasteiger partial charge < -0.3 is 10.6 Å². The third-order valence-corrected chi connectivity index (χ3v) is 3.26. The van der Waals surface area contributed by atoms with Crippen LogP contribution in [0, 0.1) is 0 Å². The van der Waals surface area contributed by atoms with Crippen LogP contribution in [-0.2, 0) is 12.7 Å². The maximum absolute atomic E-state index is 12.6. The molecule has 0 bridgehead atoms. The first kappa shape index (κ1) is 12.2. The molecule has 17 heavy (non-hydrogen) atoms. The molecule has 1 aliphatic rings. The molecule has 0 aromatic heterocycles. The second-order valence-electron chi connectivity index (χ2n) is 4.38. The highest BCUT2D eigenvalue weighted by atomic mass is 19.4. The van der Waals surface area contributed by atoms with Gasteiger partial charge in [0, 0.05) is 24.8 Å². The summed E-state index contributed by atoms with van der Waals surface area (Å²) in [6, 6.07) is 4.19. The normalized spacial score (nSPS) is 20.3. The van der Waals surface area contributed by atoms with E-state index >= 15 is 0 Å². The highest BCUT2D eigenvalue weighted by Gasteiger charge is 2.32. The quantitative estimate of drug-likeness (QED) is 0.866. The third-order valence-electron chi connectivity index (χ3n) is 3.26. The highest BCUT2D eigenvalue weighted by molar-refractivity contribution is 5.57. The lowest BCUT2D eigenvalue weighted by atomic mass is 10.00. The summed E-state index contributed by atoms with van der Waals surface area (Å²) in [5.74, 6) is 0. The molecule has 1 aromatic carbocycles. The van der Waals surface area contributed by atoms with Gasteiger partial charge in [-0.1, -0.05) is 0 Å². The number of halogens is 3. The Morgan fingerprint density at radius 2 is 2.12 bits per heavy atom. The van der Waals surface area contributed by atoms with Crippen LogP contribution in [0.1, 0.15) is 24.5 Å². The molecule has 2 nitrogen and oxygen atoms in total. The first-order valence-corrected chi connectivity index (χ1v) is 5.60. The van der Waals surface area contributed by atoms with Crippen LogP contribution in [0.2, 0.25) is 0 Å². The lowest BCUT2D eigenvalue weighted by Gasteiger charge is -2.42.